The summed E-state index contributed by atoms with van der Waals surface area (Å²) in [5, 5.41) is 2.51. The van der Waals surface area contributed by atoms with E-state index in [0.717, 1.165) is 25.7 Å². The van der Waals surface area contributed by atoms with E-state index in [0.29, 0.717) is 0 Å². The molecule has 4 heteroatoms. The van der Waals surface area contributed by atoms with Gasteiger partial charge in [-0.25, -0.2) is 0 Å². The van der Waals surface area contributed by atoms with E-state index in [4.69, 9.17) is 0 Å². The summed E-state index contributed by atoms with van der Waals surface area (Å²) in [5.41, 5.74) is 25.9. The summed E-state index contributed by atoms with van der Waals surface area (Å²) >= 11 is 0. The van der Waals surface area contributed by atoms with Crippen LogP contribution in [0.15, 0.2) is 182 Å². The molecule has 76 heavy (non-hydrogen) atoms. The summed E-state index contributed by atoms with van der Waals surface area (Å²) < 4.78 is 0. The molecule has 15 rings (SSSR count). The number of aryl methyl sites for hydroxylation is 2. The highest BCUT2D eigenvalue weighted by Gasteiger charge is 2.64. The second-order valence-electron chi connectivity index (χ2n) is 26.3. The van der Waals surface area contributed by atoms with Gasteiger partial charge in [0.15, 0.2) is 0 Å². The van der Waals surface area contributed by atoms with Gasteiger partial charge < -0.3 is 14.7 Å². The number of rotatable bonds is 3. The van der Waals surface area contributed by atoms with Crippen molar-refractivity contribution in [2.75, 3.05) is 14.7 Å². The Kier molecular flexibility index (Phi) is 9.22. The maximum atomic E-state index is 2.90. The fourth-order valence-electron chi connectivity index (χ4n) is 16.2. The molecule has 9 aromatic carbocycles. The van der Waals surface area contributed by atoms with Gasteiger partial charge in [0.2, 0.25) is 0 Å². The fourth-order valence-corrected chi connectivity index (χ4v) is 16.2. The van der Waals surface area contributed by atoms with E-state index in [1.165, 1.54) is 123 Å². The van der Waals surface area contributed by atoms with Gasteiger partial charge >= 0.3 is 0 Å². The van der Waals surface area contributed by atoms with Crippen LogP contribution in [-0.2, 0) is 45.6 Å². The Morgan fingerprint density at radius 3 is 1.68 bits per heavy atom. The molecule has 9 aromatic rings. The van der Waals surface area contributed by atoms with Crippen LogP contribution in [0.4, 0.5) is 39.8 Å². The Morgan fingerprint density at radius 1 is 0.421 bits per heavy atom. The van der Waals surface area contributed by atoms with Crippen LogP contribution in [0, 0.1) is 0 Å². The highest BCUT2D eigenvalue weighted by molar-refractivity contribution is 7.00. The molecule has 6 aliphatic rings. The zero-order valence-corrected chi connectivity index (χ0v) is 46.1. The maximum Gasteiger partial charge on any atom is 0.252 e. The van der Waals surface area contributed by atoms with Crippen LogP contribution in [0.5, 0.6) is 0 Å². The number of anilines is 7. The summed E-state index contributed by atoms with van der Waals surface area (Å²) in [6, 6.07) is 71.8. The number of para-hydroxylation sites is 2. The Bertz CT molecular complexity index is 3980. The van der Waals surface area contributed by atoms with E-state index >= 15 is 0 Å². The minimum Gasteiger partial charge on any atom is -0.331 e. The lowest BCUT2D eigenvalue weighted by molar-refractivity contribution is 0.244. The molecule has 0 fully saturated rings. The van der Waals surface area contributed by atoms with Crippen molar-refractivity contribution in [2.24, 2.45) is 0 Å². The first-order chi connectivity index (χ1) is 36.4. The molecule has 0 spiro atoms. The predicted molar refractivity (Wildman–Crippen MR) is 322 cm³/mol. The molecule has 0 N–H and O–H groups in total. The minimum absolute atomic E-state index is 0.00138. The SMILES string of the molecule is CC(C)(C)c1ccc2c(c1)B1c3cccc4c3N(c3cc(N5c6ccccc6C6(C)CCc7ccccc7C56C)cc(c31)N2c1ccc(C(C)(C)C)cc1-c1ccc2ccccc2c1)C1(C)c2ccccc2CCC41C. The zero-order chi connectivity index (χ0) is 52.1. The van der Waals surface area contributed by atoms with Gasteiger partial charge in [-0.15, -0.1) is 0 Å². The number of benzene rings is 9. The fraction of sp³-hybridized carbons (Fsp3) is 0.278. The first-order valence-electron chi connectivity index (χ1n) is 28.2. The van der Waals surface area contributed by atoms with Crippen molar-refractivity contribution in [1.82, 2.24) is 0 Å². The Hall–Kier alpha value is -7.30. The third-order valence-corrected chi connectivity index (χ3v) is 20.6. The van der Waals surface area contributed by atoms with Gasteiger partial charge in [0.25, 0.3) is 6.71 Å². The molecule has 0 radical (unpaired) electrons. The van der Waals surface area contributed by atoms with Gasteiger partial charge in [0, 0.05) is 50.5 Å². The van der Waals surface area contributed by atoms with Crippen LogP contribution in [0.2, 0.25) is 0 Å². The smallest absolute Gasteiger partial charge is 0.252 e. The van der Waals surface area contributed by atoms with E-state index < -0.39 is 0 Å². The van der Waals surface area contributed by atoms with Gasteiger partial charge in [0.05, 0.1) is 16.8 Å². The molecule has 374 valence electrons. The van der Waals surface area contributed by atoms with Gasteiger partial charge in [-0.2, -0.15) is 0 Å². The molecule has 0 amide bonds. The number of nitrogens with zero attached hydrogens (tertiary/aromatic N) is 3. The summed E-state index contributed by atoms with van der Waals surface area (Å²) in [4.78, 5) is 8.43. The van der Waals surface area contributed by atoms with E-state index in [1.54, 1.807) is 0 Å². The lowest BCUT2D eigenvalue weighted by Gasteiger charge is -2.54. The lowest BCUT2D eigenvalue weighted by Crippen LogP contribution is -2.64. The van der Waals surface area contributed by atoms with Crippen molar-refractivity contribution in [1.29, 1.82) is 0 Å². The van der Waals surface area contributed by atoms with Crippen LogP contribution in [0.25, 0.3) is 21.9 Å². The van der Waals surface area contributed by atoms with Gasteiger partial charge in [-0.1, -0.05) is 195 Å². The molecule has 4 atom stereocenters. The highest BCUT2D eigenvalue weighted by Crippen LogP contribution is 2.67. The minimum atomic E-state index is -0.381. The van der Waals surface area contributed by atoms with E-state index in [9.17, 15) is 0 Å². The Morgan fingerprint density at radius 2 is 0.987 bits per heavy atom. The normalized spacial score (nSPS) is 23.3. The van der Waals surface area contributed by atoms with E-state index in [1.807, 2.05) is 0 Å². The molecular weight excluding hydrogens is 918 g/mol. The van der Waals surface area contributed by atoms with Crippen LogP contribution in [-0.4, -0.2) is 6.71 Å². The molecule has 0 bridgehead atoms. The summed E-state index contributed by atoms with van der Waals surface area (Å²) in [6.45, 7) is 24.5. The van der Waals surface area contributed by atoms with Crippen molar-refractivity contribution >= 4 is 73.7 Å². The molecule has 0 saturated carbocycles. The Labute approximate surface area is 451 Å². The summed E-state index contributed by atoms with van der Waals surface area (Å²) in [6.07, 6.45) is 4.29. The van der Waals surface area contributed by atoms with Crippen LogP contribution >= 0.6 is 0 Å². The molecule has 4 heterocycles. The van der Waals surface area contributed by atoms with Crippen molar-refractivity contribution in [2.45, 2.75) is 128 Å². The standard InChI is InChI=1S/C72H68BN3/c1-67(2,3)50-32-34-60(53(41-50)49-31-30-45-20-11-12-23-48(45)40-49)74-62-35-33-51(68(4,5)6)42-59(62)73-58-28-19-27-57-66(58)76(72(10)55-25-16-14-22-47(55)37-39-70(57,72)8)64-44-52(43-63(74)65(64)73)75-61-29-18-17-26-56(61)69(7)38-36-46-21-13-15-24-54(46)71(69,75)9/h11-35,40-44H,36-39H2,1-10H3. The molecule has 3 nitrogen and oxygen atoms in total. The highest BCUT2D eigenvalue weighted by atomic mass is 15.3. The average molecular weight is 986 g/mol. The topological polar surface area (TPSA) is 9.72 Å². The number of hydrogen-bond donors (Lipinski definition) is 0. The number of hydrogen-bond acceptors (Lipinski definition) is 3. The molecule has 2 aliphatic carbocycles. The van der Waals surface area contributed by atoms with Gasteiger partial charge in [-0.3, -0.25) is 0 Å². The zero-order valence-electron chi connectivity index (χ0n) is 46.1. The van der Waals surface area contributed by atoms with Crippen LogP contribution in [0.3, 0.4) is 0 Å². The average Bonchev–Trinajstić information content (AvgIpc) is 3.65. The van der Waals surface area contributed by atoms with Gasteiger partial charge in [0.1, 0.15) is 0 Å². The predicted octanol–water partition coefficient (Wildman–Crippen LogP) is 16.3. The molecule has 4 aliphatic heterocycles. The molecule has 4 unspecified atom stereocenters. The van der Waals surface area contributed by atoms with Crippen molar-refractivity contribution in [3.63, 3.8) is 0 Å². The van der Waals surface area contributed by atoms with Gasteiger partial charge in [-0.05, 0) is 170 Å². The van der Waals surface area contributed by atoms with E-state index in [-0.39, 0.29) is 39.5 Å². The lowest BCUT2D eigenvalue weighted by atomic mass is 9.33. The van der Waals surface area contributed by atoms with Crippen LogP contribution < -0.4 is 31.1 Å². The second kappa shape index (κ2) is 15.2. The molecular formula is C72H68BN3. The third-order valence-electron chi connectivity index (χ3n) is 20.6. The molecule has 0 aromatic heterocycles. The monoisotopic (exact) mass is 986 g/mol. The molecule has 0 saturated heterocycles. The van der Waals surface area contributed by atoms with Crippen molar-refractivity contribution in [3.05, 3.63) is 226 Å². The van der Waals surface area contributed by atoms with Crippen molar-refractivity contribution < 1.29 is 0 Å². The quantitative estimate of drug-likeness (QED) is 0.163. The first kappa shape index (κ1) is 46.0. The van der Waals surface area contributed by atoms with Crippen molar-refractivity contribution in [3.8, 4) is 11.1 Å². The summed E-state index contributed by atoms with van der Waals surface area (Å²) in [7, 11) is 0. The summed E-state index contributed by atoms with van der Waals surface area (Å²) in [5.74, 6) is 0. The third kappa shape index (κ3) is 5.75. The first-order valence-corrected chi connectivity index (χ1v) is 28.2. The second-order valence-corrected chi connectivity index (χ2v) is 26.3. The Balaban J connectivity index is 1.10. The number of fused-ring (bicyclic) bond motifs is 15. The maximum absolute atomic E-state index is 2.90. The van der Waals surface area contributed by atoms with E-state index in [2.05, 4.69) is 266 Å². The van der Waals surface area contributed by atoms with Crippen LogP contribution in [0.1, 0.15) is 127 Å². The largest absolute Gasteiger partial charge is 0.331 e.